The van der Waals surface area contributed by atoms with Gasteiger partial charge in [-0.15, -0.1) is 0 Å². The third-order valence-corrected chi connectivity index (χ3v) is 5.48. The second-order valence-corrected chi connectivity index (χ2v) is 8.66. The van der Waals surface area contributed by atoms with E-state index in [1.54, 1.807) is 27.2 Å². The molecule has 2 N–H and O–H groups in total. The maximum absolute atomic E-state index is 10.2. The first-order valence-electron chi connectivity index (χ1n) is 10.5. The second kappa shape index (κ2) is 7.76. The van der Waals surface area contributed by atoms with E-state index in [0.717, 1.165) is 33.7 Å². The number of ether oxygens (including phenoxy) is 1. The highest BCUT2D eigenvalue weighted by Gasteiger charge is 2.18. The molecule has 3 heterocycles. The van der Waals surface area contributed by atoms with Crippen molar-refractivity contribution in [2.24, 2.45) is 4.99 Å². The molecule has 7 nitrogen and oxygen atoms in total. The van der Waals surface area contributed by atoms with E-state index >= 15 is 0 Å². The molecule has 2 aromatic heterocycles. The molecule has 4 aromatic rings. The number of aliphatic hydroxyl groups is 1. The predicted octanol–water partition coefficient (Wildman–Crippen LogP) is 4.39. The van der Waals surface area contributed by atoms with Gasteiger partial charge in [-0.05, 0) is 42.7 Å². The molecule has 0 amide bonds. The van der Waals surface area contributed by atoms with Gasteiger partial charge in [0.25, 0.3) is 0 Å². The van der Waals surface area contributed by atoms with Gasteiger partial charge in [-0.1, -0.05) is 18.2 Å². The summed E-state index contributed by atoms with van der Waals surface area (Å²) in [6, 6.07) is 12.1. The van der Waals surface area contributed by atoms with Crippen molar-refractivity contribution < 1.29 is 9.84 Å². The Kier molecular flexibility index (Phi) is 4.90. The molecule has 0 spiro atoms. The highest BCUT2D eigenvalue weighted by Crippen LogP contribution is 2.30. The van der Waals surface area contributed by atoms with E-state index in [1.165, 1.54) is 5.56 Å². The fourth-order valence-corrected chi connectivity index (χ4v) is 4.00. The van der Waals surface area contributed by atoms with Crippen LogP contribution >= 0.6 is 0 Å². The fourth-order valence-electron chi connectivity index (χ4n) is 4.00. The van der Waals surface area contributed by atoms with Crippen molar-refractivity contribution in [1.29, 1.82) is 0 Å². The van der Waals surface area contributed by atoms with E-state index in [9.17, 15) is 5.11 Å². The molecule has 0 unspecified atom stereocenters. The third kappa shape index (κ3) is 3.94. The molecule has 2 aromatic carbocycles. The summed E-state index contributed by atoms with van der Waals surface area (Å²) in [6.07, 6.45) is 8.06. The fraction of sp³-hybridized carbons (Fsp3) is 0.240. The van der Waals surface area contributed by atoms with Crippen LogP contribution in [0.15, 0.2) is 60.0 Å². The van der Waals surface area contributed by atoms with Gasteiger partial charge in [0, 0.05) is 48.5 Å². The molecular weight excluding hydrogens is 402 g/mol. The van der Waals surface area contributed by atoms with Gasteiger partial charge in [0.15, 0.2) is 11.5 Å². The minimum Gasteiger partial charge on any atom is -0.496 e. The number of aromatic nitrogens is 3. The highest BCUT2D eigenvalue weighted by atomic mass is 16.5. The highest BCUT2D eigenvalue weighted by molar-refractivity contribution is 5.86. The van der Waals surface area contributed by atoms with Crippen LogP contribution in [0.25, 0.3) is 16.9 Å². The standard InChI is InChI=1S/C25H25N5O2/c1-25(2,31)12-17-6-7-20(11-22(17)32-3)28-23-24-27-8-9-30(24)15-21(29-23)16-4-5-18-13-26-14-19(18)10-16/h4-11,13,15,31H,12,14H2,1-3H3,(H,28,29). The lowest BCUT2D eigenvalue weighted by Crippen LogP contribution is -2.22. The normalized spacial score (nSPS) is 12.9. The van der Waals surface area contributed by atoms with E-state index in [0.29, 0.717) is 24.5 Å². The number of rotatable bonds is 6. The third-order valence-electron chi connectivity index (χ3n) is 5.48. The number of methoxy groups -OCH3 is 1. The minimum absolute atomic E-state index is 0.497. The van der Waals surface area contributed by atoms with Crippen LogP contribution in [-0.2, 0) is 13.0 Å². The van der Waals surface area contributed by atoms with Crippen molar-refractivity contribution in [3.63, 3.8) is 0 Å². The summed E-state index contributed by atoms with van der Waals surface area (Å²) in [4.78, 5) is 13.7. The maximum Gasteiger partial charge on any atom is 0.180 e. The Balaban J connectivity index is 1.51. The molecule has 0 saturated carbocycles. The minimum atomic E-state index is -0.818. The zero-order chi connectivity index (χ0) is 22.3. The largest absolute Gasteiger partial charge is 0.496 e. The van der Waals surface area contributed by atoms with Gasteiger partial charge in [-0.25, -0.2) is 9.97 Å². The van der Waals surface area contributed by atoms with E-state index in [4.69, 9.17) is 9.72 Å². The van der Waals surface area contributed by atoms with Gasteiger partial charge >= 0.3 is 0 Å². The molecule has 5 rings (SSSR count). The van der Waals surface area contributed by atoms with Gasteiger partial charge in [0.1, 0.15) is 5.75 Å². The predicted molar refractivity (Wildman–Crippen MR) is 126 cm³/mol. The Labute approximate surface area is 186 Å². The van der Waals surface area contributed by atoms with Crippen molar-refractivity contribution in [1.82, 2.24) is 14.4 Å². The Morgan fingerprint density at radius 2 is 2.06 bits per heavy atom. The topological polar surface area (TPSA) is 84.0 Å². The number of hydrogen-bond acceptors (Lipinski definition) is 6. The van der Waals surface area contributed by atoms with Crippen LogP contribution in [0.2, 0.25) is 0 Å². The summed E-state index contributed by atoms with van der Waals surface area (Å²) in [7, 11) is 1.64. The number of fused-ring (bicyclic) bond motifs is 2. The maximum atomic E-state index is 10.2. The number of nitrogens with one attached hydrogen (secondary N) is 1. The van der Waals surface area contributed by atoms with Crippen molar-refractivity contribution in [3.05, 3.63) is 71.7 Å². The smallest absolute Gasteiger partial charge is 0.180 e. The SMILES string of the molecule is COc1cc(Nc2nc(-c3ccc4c(c3)CN=C4)cn3ccnc23)ccc1CC(C)(C)O. The first-order chi connectivity index (χ1) is 15.4. The van der Waals surface area contributed by atoms with Gasteiger partial charge in [0.05, 0.1) is 24.9 Å². The van der Waals surface area contributed by atoms with E-state index in [-0.39, 0.29) is 0 Å². The Hall–Kier alpha value is -3.71. The average molecular weight is 428 g/mol. The lowest BCUT2D eigenvalue weighted by atomic mass is 9.98. The van der Waals surface area contributed by atoms with Gasteiger partial charge < -0.3 is 19.6 Å². The number of anilines is 2. The first-order valence-corrected chi connectivity index (χ1v) is 10.5. The number of hydrogen-bond donors (Lipinski definition) is 2. The number of benzene rings is 2. The summed E-state index contributed by atoms with van der Waals surface area (Å²) in [5.41, 5.74) is 5.94. The first kappa shape index (κ1) is 20.2. The van der Waals surface area contributed by atoms with E-state index in [1.807, 2.05) is 41.2 Å². The average Bonchev–Trinajstić information content (AvgIpc) is 3.42. The summed E-state index contributed by atoms with van der Waals surface area (Å²) in [5, 5.41) is 13.6. The Morgan fingerprint density at radius 3 is 2.88 bits per heavy atom. The second-order valence-electron chi connectivity index (χ2n) is 8.66. The lowest BCUT2D eigenvalue weighted by molar-refractivity contribution is 0.0803. The number of imidazole rings is 1. The summed E-state index contributed by atoms with van der Waals surface area (Å²) < 4.78 is 7.54. The Bertz CT molecular complexity index is 1330. The van der Waals surface area contributed by atoms with Crippen LogP contribution in [0.1, 0.15) is 30.5 Å². The molecule has 7 heteroatoms. The summed E-state index contributed by atoms with van der Waals surface area (Å²) >= 11 is 0. The Morgan fingerprint density at radius 1 is 1.19 bits per heavy atom. The van der Waals surface area contributed by atoms with Crippen molar-refractivity contribution >= 4 is 23.4 Å². The van der Waals surface area contributed by atoms with Crippen LogP contribution in [0.4, 0.5) is 11.5 Å². The quantitative estimate of drug-likeness (QED) is 0.477. The molecule has 162 valence electrons. The van der Waals surface area contributed by atoms with Crippen LogP contribution in [0.3, 0.4) is 0 Å². The van der Waals surface area contributed by atoms with E-state index < -0.39 is 5.60 Å². The summed E-state index contributed by atoms with van der Waals surface area (Å²) in [5.74, 6) is 1.37. The van der Waals surface area contributed by atoms with Crippen molar-refractivity contribution in [3.8, 4) is 17.0 Å². The molecule has 0 aliphatic carbocycles. The summed E-state index contributed by atoms with van der Waals surface area (Å²) in [6.45, 7) is 4.28. The molecule has 1 aliphatic rings. The van der Waals surface area contributed by atoms with Gasteiger partial charge in [-0.3, -0.25) is 4.99 Å². The number of nitrogens with zero attached hydrogens (tertiary/aromatic N) is 4. The molecule has 0 fully saturated rings. The zero-order valence-corrected chi connectivity index (χ0v) is 18.3. The molecule has 32 heavy (non-hydrogen) atoms. The molecule has 0 radical (unpaired) electrons. The van der Waals surface area contributed by atoms with Crippen LogP contribution in [0.5, 0.6) is 5.75 Å². The molecule has 0 bridgehead atoms. The molecule has 0 atom stereocenters. The van der Waals surface area contributed by atoms with Crippen LogP contribution < -0.4 is 10.1 Å². The number of aliphatic imine (C=N–C) groups is 1. The molecule has 0 saturated heterocycles. The van der Waals surface area contributed by atoms with Crippen LogP contribution in [-0.4, -0.2) is 38.4 Å². The zero-order valence-electron chi connectivity index (χ0n) is 18.3. The van der Waals surface area contributed by atoms with Crippen LogP contribution in [0, 0.1) is 0 Å². The molecular formula is C25H25N5O2. The monoisotopic (exact) mass is 427 g/mol. The van der Waals surface area contributed by atoms with Gasteiger partial charge in [0.2, 0.25) is 0 Å². The van der Waals surface area contributed by atoms with E-state index in [2.05, 4.69) is 33.5 Å². The van der Waals surface area contributed by atoms with Crippen molar-refractivity contribution in [2.45, 2.75) is 32.4 Å². The molecule has 1 aliphatic heterocycles. The van der Waals surface area contributed by atoms with Crippen molar-refractivity contribution in [2.75, 3.05) is 12.4 Å². The lowest BCUT2D eigenvalue weighted by Gasteiger charge is -2.19. The van der Waals surface area contributed by atoms with Gasteiger partial charge in [-0.2, -0.15) is 0 Å².